The molecule has 9 rings (SSSR count). The highest BCUT2D eigenvalue weighted by Gasteiger charge is 2.51. The summed E-state index contributed by atoms with van der Waals surface area (Å²) in [6.45, 7) is 0.519. The van der Waals surface area contributed by atoms with E-state index < -0.39 is 90.4 Å². The molecule has 9 N–H and O–H groups in total. The van der Waals surface area contributed by atoms with Crippen molar-refractivity contribution in [3.8, 4) is 11.8 Å². The van der Waals surface area contributed by atoms with Crippen LogP contribution in [-0.4, -0.2) is 108 Å². The van der Waals surface area contributed by atoms with Crippen molar-refractivity contribution in [1.29, 1.82) is 0 Å². The van der Waals surface area contributed by atoms with E-state index in [1.807, 2.05) is 6.07 Å². The van der Waals surface area contributed by atoms with Crippen LogP contribution in [0.3, 0.4) is 0 Å². The van der Waals surface area contributed by atoms with Crippen molar-refractivity contribution in [3.05, 3.63) is 136 Å². The molecular weight excluding hydrogens is 1090 g/mol. The van der Waals surface area contributed by atoms with Gasteiger partial charge in [-0.3, -0.25) is 57.9 Å². The minimum Gasteiger partial charge on any atom is -0.370 e. The van der Waals surface area contributed by atoms with Crippen LogP contribution in [0.15, 0.2) is 91.3 Å². The summed E-state index contributed by atoms with van der Waals surface area (Å²) in [4.78, 5) is 146. The first-order chi connectivity index (χ1) is 39.2. The number of nitrogens with two attached hydrogens (primary N) is 1. The molecular formula is C57H59F2N10O12P. The number of carbonyl (C=O) groups is 9. The van der Waals surface area contributed by atoms with Crippen LogP contribution in [0.2, 0.25) is 0 Å². The van der Waals surface area contributed by atoms with Crippen molar-refractivity contribution in [2.75, 3.05) is 11.4 Å². The van der Waals surface area contributed by atoms with Gasteiger partial charge in [0, 0.05) is 67.9 Å². The number of pyridine rings is 1. The maximum Gasteiger partial charge on any atom is 0.399 e. The Labute approximate surface area is 468 Å². The van der Waals surface area contributed by atoms with E-state index in [1.54, 1.807) is 60.7 Å². The molecule has 1 saturated heterocycles. The Balaban J connectivity index is 0.792. The van der Waals surface area contributed by atoms with Gasteiger partial charge in [-0.05, 0) is 85.0 Å². The topological polar surface area (TPSA) is 321 Å². The summed E-state index contributed by atoms with van der Waals surface area (Å²) in [6.07, 6.45) is 6.97. The molecule has 0 spiro atoms. The van der Waals surface area contributed by atoms with Crippen LogP contribution < -0.4 is 37.2 Å². The number of carbonyl (C=O) groups excluding carboxylic acids is 9. The number of nitrogens with zero attached hydrogens (tertiary/aromatic N) is 4. The average molecular weight is 1150 g/mol. The van der Waals surface area contributed by atoms with Gasteiger partial charge in [0.1, 0.15) is 41.6 Å². The number of rotatable bonds is 21. The number of unbranched alkanes of at least 4 members (excludes halogenated alkanes) is 5. The first kappa shape index (κ1) is 58.0. The Morgan fingerprint density at radius 2 is 1.62 bits per heavy atom. The van der Waals surface area contributed by atoms with Crippen LogP contribution in [0.25, 0.3) is 5.65 Å². The predicted molar refractivity (Wildman–Crippen MR) is 290 cm³/mol. The number of hydrogen-bond acceptors (Lipinski definition) is 11. The molecule has 22 nitrogen and oxygen atoms in total. The Bertz CT molecular complexity index is 3510. The van der Waals surface area contributed by atoms with Gasteiger partial charge in [0.2, 0.25) is 41.4 Å². The summed E-state index contributed by atoms with van der Waals surface area (Å²) in [7, 11) is -5.91. The number of anilines is 1. The molecule has 0 saturated carbocycles. The van der Waals surface area contributed by atoms with Gasteiger partial charge in [-0.25, -0.2) is 4.98 Å². The van der Waals surface area contributed by atoms with Crippen molar-refractivity contribution in [1.82, 2.24) is 40.9 Å². The number of nitrogens with one attached hydrogen (secondary N) is 5. The molecule has 9 amide bonds. The number of aryl methyl sites for hydroxylation is 1. The van der Waals surface area contributed by atoms with E-state index in [0.717, 1.165) is 49.6 Å². The SMILES string of the molecule is NC(=O)CC[C@H](NC(=O)[C@@H]1Cc2cccc3c2N1C(=O)[C@@H](NC(=O)c1cn2ccc(C(F)(F)P(=O)(O)O)cc2n1)CC3)C(=O)N[C@H](C(=O)NCCCCCCCC#Cc1cccc2c1CN(C1CCC(=O)NC1=O)C2=O)c1ccccc1. The highest BCUT2D eigenvalue weighted by Crippen LogP contribution is 2.59. The molecule has 5 atom stereocenters. The number of hydrogen-bond donors (Lipinski definition) is 8. The van der Waals surface area contributed by atoms with Crippen LogP contribution in [0.5, 0.6) is 0 Å². The number of para-hydroxylation sites is 1. The number of imide groups is 1. The van der Waals surface area contributed by atoms with Crippen molar-refractivity contribution in [2.24, 2.45) is 5.73 Å². The molecule has 2 aromatic heterocycles. The van der Waals surface area contributed by atoms with Gasteiger partial charge in [0.25, 0.3) is 11.8 Å². The number of imidazole rings is 1. The minimum atomic E-state index is -5.91. The lowest BCUT2D eigenvalue weighted by Gasteiger charge is -2.29. The van der Waals surface area contributed by atoms with Crippen molar-refractivity contribution in [3.63, 3.8) is 0 Å². The van der Waals surface area contributed by atoms with Crippen LogP contribution >= 0.6 is 7.60 Å². The Kier molecular flexibility index (Phi) is 17.4. The minimum absolute atomic E-state index is 0.0125. The predicted octanol–water partition coefficient (Wildman–Crippen LogP) is 3.44. The third kappa shape index (κ3) is 12.6. The molecule has 428 valence electrons. The number of amides is 9. The number of fused-ring (bicyclic) bond motifs is 2. The van der Waals surface area contributed by atoms with E-state index in [-0.39, 0.29) is 81.2 Å². The maximum absolute atomic E-state index is 14.6. The van der Waals surface area contributed by atoms with E-state index in [0.29, 0.717) is 46.3 Å². The first-order valence-corrected chi connectivity index (χ1v) is 28.5. The number of aromatic nitrogens is 2. The summed E-state index contributed by atoms with van der Waals surface area (Å²) in [5, 5.41) is 13.3. The number of halogens is 2. The Morgan fingerprint density at radius 1 is 0.878 bits per heavy atom. The summed E-state index contributed by atoms with van der Waals surface area (Å²) in [5.74, 6) is 0.857. The molecule has 1 unspecified atom stereocenters. The third-order valence-electron chi connectivity index (χ3n) is 15.0. The summed E-state index contributed by atoms with van der Waals surface area (Å²) < 4.78 is 41.7. The molecule has 0 radical (unpaired) electrons. The number of benzene rings is 3. The van der Waals surface area contributed by atoms with Gasteiger partial charge in [0.05, 0.1) is 5.69 Å². The van der Waals surface area contributed by atoms with Gasteiger partial charge in [-0.15, -0.1) is 0 Å². The molecule has 25 heteroatoms. The number of primary amides is 1. The van der Waals surface area contributed by atoms with Crippen LogP contribution in [0.4, 0.5) is 14.5 Å². The fourth-order valence-corrected chi connectivity index (χ4v) is 11.2. The monoisotopic (exact) mass is 1140 g/mol. The summed E-state index contributed by atoms with van der Waals surface area (Å²) in [6, 6.07) is 14.7. The van der Waals surface area contributed by atoms with Gasteiger partial charge in [0.15, 0.2) is 0 Å². The molecule has 4 aliphatic heterocycles. The number of alkyl halides is 2. The molecule has 82 heavy (non-hydrogen) atoms. The molecule has 1 fully saturated rings. The van der Waals surface area contributed by atoms with Crippen molar-refractivity contribution in [2.45, 2.75) is 126 Å². The van der Waals surface area contributed by atoms with Gasteiger partial charge < -0.3 is 46.1 Å². The Hall–Kier alpha value is -8.65. The second-order valence-electron chi connectivity index (χ2n) is 20.6. The smallest absolute Gasteiger partial charge is 0.370 e. The van der Waals surface area contributed by atoms with Crippen molar-refractivity contribution >= 4 is 72.1 Å². The largest absolute Gasteiger partial charge is 0.399 e. The third-order valence-corrected chi connectivity index (χ3v) is 16.0. The van der Waals surface area contributed by atoms with Crippen LogP contribution in [0, 0.1) is 11.8 Å². The molecule has 3 aromatic carbocycles. The lowest BCUT2D eigenvalue weighted by Crippen LogP contribution is -2.57. The van der Waals surface area contributed by atoms with E-state index >= 15 is 0 Å². The lowest BCUT2D eigenvalue weighted by molar-refractivity contribution is -0.137. The number of piperidine rings is 1. The standard InChI is InChI=1S/C57H59F2N10O12P/c58-57(59,82(79,80)81)37-26-28-67-32-42(62-46(67)30-37)51(73)64-41-21-20-35-17-11-18-36-29-44(69(49(35)36)56(41)78)53(75)63-40(22-24-45(60)70)50(72)66-48(34-14-8-6-9-15-34)54(76)61-27-10-5-3-1-2-4-7-13-33-16-12-19-38-39(33)31-68(55(38)77)43-23-25-47(71)65-52(43)74/h6,8-9,11-12,14-19,26,28,30,32,40-41,43-44,48H,1-5,10,20-25,27,29,31H2,(H2,60,70)(H,61,76)(H,63,75)(H,64,73)(H,66,72)(H,65,71,74)(H2,79,80,81)/t40-,41-,43?,44-,48-/m0/s1. The zero-order valence-corrected chi connectivity index (χ0v) is 45.1. The fourth-order valence-electron chi connectivity index (χ4n) is 10.7. The van der Waals surface area contributed by atoms with E-state index in [1.165, 1.54) is 20.4 Å². The molecule has 4 aliphatic rings. The second-order valence-corrected chi connectivity index (χ2v) is 22.2. The molecule has 0 bridgehead atoms. The molecule has 5 aromatic rings. The van der Waals surface area contributed by atoms with Gasteiger partial charge >= 0.3 is 13.3 Å². The second kappa shape index (κ2) is 24.6. The highest BCUT2D eigenvalue weighted by molar-refractivity contribution is 7.52. The van der Waals surface area contributed by atoms with E-state index in [9.17, 15) is 66.3 Å². The summed E-state index contributed by atoms with van der Waals surface area (Å²) in [5.41, 5.74) is 3.61. The van der Waals surface area contributed by atoms with Crippen molar-refractivity contribution < 1.29 is 66.3 Å². The van der Waals surface area contributed by atoms with E-state index in [4.69, 9.17) is 5.73 Å². The normalized spacial score (nSPS) is 18.3. The van der Waals surface area contributed by atoms with Crippen LogP contribution in [-0.2, 0) is 63.2 Å². The summed E-state index contributed by atoms with van der Waals surface area (Å²) >= 11 is 0. The van der Waals surface area contributed by atoms with Gasteiger partial charge in [-0.1, -0.05) is 85.7 Å². The quantitative estimate of drug-likeness (QED) is 0.0226. The van der Waals surface area contributed by atoms with E-state index in [2.05, 4.69) is 43.4 Å². The van der Waals surface area contributed by atoms with Crippen LogP contribution in [0.1, 0.15) is 131 Å². The Morgan fingerprint density at radius 3 is 2.38 bits per heavy atom. The zero-order chi connectivity index (χ0) is 58.5. The highest BCUT2D eigenvalue weighted by atomic mass is 31.2. The maximum atomic E-state index is 14.6. The zero-order valence-electron chi connectivity index (χ0n) is 44.2. The lowest BCUT2D eigenvalue weighted by atomic mass is 10.0. The molecule has 0 aliphatic carbocycles. The fraction of sp³-hybridized carbons (Fsp3) is 0.368. The van der Waals surface area contributed by atoms with Gasteiger partial charge in [-0.2, -0.15) is 8.78 Å². The first-order valence-electron chi connectivity index (χ1n) is 26.8. The molecule has 6 heterocycles. The average Bonchev–Trinajstić information content (AvgIpc) is 4.17.